The maximum Gasteiger partial charge on any atom is 0.313 e. The molecule has 3 rings (SSSR count). The maximum absolute atomic E-state index is 12.5. The summed E-state index contributed by atoms with van der Waals surface area (Å²) in [4.78, 5) is 36.9. The van der Waals surface area contributed by atoms with Crippen LogP contribution >= 0.6 is 11.8 Å². The number of H-pyrrole nitrogens is 1. The summed E-state index contributed by atoms with van der Waals surface area (Å²) in [6.07, 6.45) is 0. The van der Waals surface area contributed by atoms with E-state index in [4.69, 9.17) is 5.11 Å². The minimum absolute atomic E-state index is 0.106. The lowest BCUT2D eigenvalue weighted by molar-refractivity contribution is -0.384. The Kier molecular flexibility index (Phi) is 4.53. The Balaban J connectivity index is 2.36. The number of rotatable bonds is 5. The summed E-state index contributed by atoms with van der Waals surface area (Å²) in [6, 6.07) is 13.1. The molecule has 0 spiro atoms. The van der Waals surface area contributed by atoms with Crippen LogP contribution in [0.25, 0.3) is 22.0 Å². The summed E-state index contributed by atoms with van der Waals surface area (Å²) < 4.78 is 0. The number of fused-ring (bicyclic) bond motifs is 1. The van der Waals surface area contributed by atoms with Gasteiger partial charge in [0.05, 0.1) is 15.6 Å². The number of thioether (sulfide) groups is 1. The van der Waals surface area contributed by atoms with E-state index in [1.807, 2.05) is 6.07 Å². The van der Waals surface area contributed by atoms with Crippen molar-refractivity contribution in [1.82, 2.24) is 4.98 Å². The number of nitrogens with one attached hydrogen (secondary N) is 1. The fraction of sp³-hybridized carbons (Fsp3) is 0.0588. The largest absolute Gasteiger partial charge is 0.481 e. The number of aromatic nitrogens is 1. The molecule has 0 unspecified atom stereocenters. The topological polar surface area (TPSA) is 113 Å². The first-order valence-corrected chi connectivity index (χ1v) is 8.20. The number of nitro benzene ring substituents is 1. The third-order valence-corrected chi connectivity index (χ3v) is 4.64. The van der Waals surface area contributed by atoms with E-state index in [2.05, 4.69) is 4.98 Å². The van der Waals surface area contributed by atoms with Gasteiger partial charge in [-0.1, -0.05) is 30.3 Å². The molecule has 25 heavy (non-hydrogen) atoms. The third kappa shape index (κ3) is 3.38. The van der Waals surface area contributed by atoms with E-state index in [1.165, 1.54) is 18.2 Å². The van der Waals surface area contributed by atoms with Crippen LogP contribution in [-0.2, 0) is 4.79 Å². The SMILES string of the molecule is O=C(O)CSc1c(-c2ccccc2)c2cc([N+](=O)[O-])ccc2[nH]c1=O. The number of hydrogen-bond donors (Lipinski definition) is 2. The maximum atomic E-state index is 12.5. The van der Waals surface area contributed by atoms with Gasteiger partial charge in [-0.25, -0.2) is 0 Å². The van der Waals surface area contributed by atoms with Crippen LogP contribution in [0.5, 0.6) is 0 Å². The monoisotopic (exact) mass is 356 g/mol. The van der Waals surface area contributed by atoms with Crippen molar-refractivity contribution in [2.75, 3.05) is 5.75 Å². The van der Waals surface area contributed by atoms with Gasteiger partial charge < -0.3 is 10.1 Å². The highest BCUT2D eigenvalue weighted by Gasteiger charge is 2.18. The third-order valence-electron chi connectivity index (χ3n) is 3.57. The molecule has 7 nitrogen and oxygen atoms in total. The van der Waals surface area contributed by atoms with Crippen molar-refractivity contribution in [2.45, 2.75) is 4.90 Å². The number of nitrogens with zero attached hydrogens (tertiary/aromatic N) is 1. The number of carboxylic acids is 1. The molecule has 0 aliphatic heterocycles. The smallest absolute Gasteiger partial charge is 0.313 e. The van der Waals surface area contributed by atoms with Crippen LogP contribution in [0.4, 0.5) is 5.69 Å². The molecule has 0 fully saturated rings. The zero-order valence-electron chi connectivity index (χ0n) is 12.8. The van der Waals surface area contributed by atoms with E-state index in [-0.39, 0.29) is 16.3 Å². The standard InChI is InChI=1S/C17H12N2O5S/c20-14(21)9-25-16-15(10-4-2-1-3-5-10)12-8-11(19(23)24)6-7-13(12)18-17(16)22/h1-8H,9H2,(H,18,22)(H,20,21). The quantitative estimate of drug-likeness (QED) is 0.412. The van der Waals surface area contributed by atoms with Crippen molar-refractivity contribution in [3.8, 4) is 11.1 Å². The van der Waals surface area contributed by atoms with Crippen LogP contribution in [0.3, 0.4) is 0 Å². The Hall–Kier alpha value is -3.13. The molecule has 3 aromatic rings. The number of carboxylic acid groups (broad SMARTS) is 1. The summed E-state index contributed by atoms with van der Waals surface area (Å²) in [5.74, 6) is -1.34. The van der Waals surface area contributed by atoms with Crippen molar-refractivity contribution in [3.05, 3.63) is 69.0 Å². The molecule has 0 bridgehead atoms. The van der Waals surface area contributed by atoms with Crippen molar-refractivity contribution < 1.29 is 14.8 Å². The van der Waals surface area contributed by atoms with Gasteiger partial charge >= 0.3 is 5.97 Å². The minimum atomic E-state index is -1.05. The van der Waals surface area contributed by atoms with Gasteiger partial charge in [0.15, 0.2) is 0 Å². The molecule has 0 aliphatic carbocycles. The first kappa shape index (κ1) is 16.7. The first-order chi connectivity index (χ1) is 12.0. The van der Waals surface area contributed by atoms with Crippen molar-refractivity contribution >= 4 is 34.3 Å². The van der Waals surface area contributed by atoms with Gasteiger partial charge in [0.1, 0.15) is 0 Å². The highest BCUT2D eigenvalue weighted by molar-refractivity contribution is 8.00. The highest BCUT2D eigenvalue weighted by Crippen LogP contribution is 2.35. The van der Waals surface area contributed by atoms with Crippen molar-refractivity contribution in [1.29, 1.82) is 0 Å². The zero-order chi connectivity index (χ0) is 18.0. The Morgan fingerprint density at radius 1 is 1.20 bits per heavy atom. The first-order valence-electron chi connectivity index (χ1n) is 7.22. The summed E-state index contributed by atoms with van der Waals surface area (Å²) in [5.41, 5.74) is 1.10. The Morgan fingerprint density at radius 3 is 2.56 bits per heavy atom. The van der Waals surface area contributed by atoms with Gasteiger partial charge in [0, 0.05) is 28.6 Å². The van der Waals surface area contributed by atoms with Crippen molar-refractivity contribution in [3.63, 3.8) is 0 Å². The Morgan fingerprint density at radius 2 is 1.92 bits per heavy atom. The molecule has 0 amide bonds. The lowest BCUT2D eigenvalue weighted by Crippen LogP contribution is -2.12. The van der Waals surface area contributed by atoms with Gasteiger partial charge in [-0.3, -0.25) is 19.7 Å². The van der Waals surface area contributed by atoms with E-state index in [0.29, 0.717) is 22.0 Å². The van der Waals surface area contributed by atoms with E-state index in [0.717, 1.165) is 11.8 Å². The van der Waals surface area contributed by atoms with Gasteiger partial charge in [0.2, 0.25) is 0 Å². The number of non-ortho nitro benzene ring substituents is 1. The molecule has 0 saturated carbocycles. The number of aliphatic carboxylic acids is 1. The van der Waals surface area contributed by atoms with E-state index in [1.54, 1.807) is 24.3 Å². The number of hydrogen-bond acceptors (Lipinski definition) is 5. The molecule has 0 aliphatic rings. The van der Waals surface area contributed by atoms with Crippen LogP contribution < -0.4 is 5.56 Å². The van der Waals surface area contributed by atoms with Gasteiger partial charge in [0.25, 0.3) is 11.2 Å². The van der Waals surface area contributed by atoms with E-state index < -0.39 is 16.5 Å². The number of nitro groups is 1. The molecule has 2 N–H and O–H groups in total. The molecule has 0 radical (unpaired) electrons. The summed E-state index contributed by atoms with van der Waals surface area (Å²) in [5, 5.41) is 20.5. The van der Waals surface area contributed by atoms with Gasteiger partial charge in [-0.15, -0.1) is 11.8 Å². The summed E-state index contributed by atoms with van der Waals surface area (Å²) in [6.45, 7) is 0. The Labute approximate surface area is 145 Å². The number of aromatic amines is 1. The zero-order valence-corrected chi connectivity index (χ0v) is 13.6. The van der Waals surface area contributed by atoms with Crippen LogP contribution in [0.1, 0.15) is 0 Å². The van der Waals surface area contributed by atoms with E-state index >= 15 is 0 Å². The molecule has 2 aromatic carbocycles. The number of pyridine rings is 1. The summed E-state index contributed by atoms with van der Waals surface area (Å²) >= 11 is 0.893. The van der Waals surface area contributed by atoms with E-state index in [9.17, 15) is 19.7 Å². The fourth-order valence-electron chi connectivity index (χ4n) is 2.54. The predicted octanol–water partition coefficient (Wildman–Crippen LogP) is 3.28. The van der Waals surface area contributed by atoms with Gasteiger partial charge in [-0.2, -0.15) is 0 Å². The van der Waals surface area contributed by atoms with Crippen LogP contribution in [-0.4, -0.2) is 26.7 Å². The summed E-state index contributed by atoms with van der Waals surface area (Å²) in [7, 11) is 0. The molecule has 0 saturated heterocycles. The second-order valence-corrected chi connectivity index (χ2v) is 6.18. The highest BCUT2D eigenvalue weighted by atomic mass is 32.2. The average Bonchev–Trinajstić information content (AvgIpc) is 2.59. The molecular weight excluding hydrogens is 344 g/mol. The molecule has 0 atom stereocenters. The fourth-order valence-corrected chi connectivity index (χ4v) is 3.36. The molecule has 8 heteroatoms. The Bertz CT molecular complexity index is 1030. The molecule has 1 aromatic heterocycles. The lowest BCUT2D eigenvalue weighted by Gasteiger charge is -2.12. The van der Waals surface area contributed by atoms with Crippen LogP contribution in [0.2, 0.25) is 0 Å². The number of carbonyl (C=O) groups is 1. The average molecular weight is 356 g/mol. The molecular formula is C17H12N2O5S. The molecule has 1 heterocycles. The van der Waals surface area contributed by atoms with Gasteiger partial charge in [-0.05, 0) is 11.6 Å². The minimum Gasteiger partial charge on any atom is -0.481 e. The number of benzene rings is 2. The van der Waals surface area contributed by atoms with Crippen LogP contribution in [0.15, 0.2) is 58.2 Å². The normalized spacial score (nSPS) is 10.7. The van der Waals surface area contributed by atoms with Crippen molar-refractivity contribution in [2.24, 2.45) is 0 Å². The second kappa shape index (κ2) is 6.78. The predicted molar refractivity (Wildman–Crippen MR) is 95.0 cm³/mol. The molecule has 126 valence electrons. The lowest BCUT2D eigenvalue weighted by atomic mass is 10.0. The van der Waals surface area contributed by atoms with Crippen LogP contribution in [0, 0.1) is 10.1 Å². The second-order valence-electron chi connectivity index (χ2n) is 5.19.